The molecule has 3 aliphatic rings. The van der Waals surface area contributed by atoms with Crippen LogP contribution in [0.1, 0.15) is 33.6 Å². The quantitative estimate of drug-likeness (QED) is 0.785. The molecule has 2 heterocycles. The van der Waals surface area contributed by atoms with Crippen LogP contribution in [-0.2, 0) is 9.59 Å². The number of thioether (sulfide) groups is 1. The van der Waals surface area contributed by atoms with E-state index < -0.39 is 5.41 Å². The van der Waals surface area contributed by atoms with Crippen molar-refractivity contribution >= 4 is 23.6 Å². The van der Waals surface area contributed by atoms with Crippen LogP contribution < -0.4 is 5.73 Å². The molecule has 4 atom stereocenters. The van der Waals surface area contributed by atoms with Crippen LogP contribution in [0.3, 0.4) is 0 Å². The van der Waals surface area contributed by atoms with Gasteiger partial charge < -0.3 is 15.5 Å². The van der Waals surface area contributed by atoms with Crippen LogP contribution in [0.2, 0.25) is 0 Å². The summed E-state index contributed by atoms with van der Waals surface area (Å²) in [6.07, 6.45) is 2.23. The van der Waals surface area contributed by atoms with Crippen LogP contribution in [0.5, 0.6) is 0 Å². The van der Waals surface area contributed by atoms with Crippen molar-refractivity contribution in [3.63, 3.8) is 0 Å². The number of fused-ring (bicyclic) bond motifs is 1. The van der Waals surface area contributed by atoms with Crippen molar-refractivity contribution in [2.45, 2.75) is 45.7 Å². The number of carbonyl (C=O) groups excluding carboxylic acids is 2. The summed E-state index contributed by atoms with van der Waals surface area (Å²) >= 11 is 1.68. The van der Waals surface area contributed by atoms with Crippen LogP contribution in [0, 0.1) is 17.3 Å². The third kappa shape index (κ3) is 2.75. The molecule has 3 rings (SSSR count). The minimum atomic E-state index is -0.437. The smallest absolute Gasteiger partial charge is 0.246 e. The third-order valence-electron chi connectivity index (χ3n) is 5.29. The summed E-state index contributed by atoms with van der Waals surface area (Å²) in [4.78, 5) is 29.2. The Morgan fingerprint density at radius 1 is 1.18 bits per heavy atom. The first kappa shape index (κ1) is 16.1. The summed E-state index contributed by atoms with van der Waals surface area (Å²) < 4.78 is 0. The Morgan fingerprint density at radius 2 is 1.91 bits per heavy atom. The molecule has 6 heteroatoms. The van der Waals surface area contributed by atoms with Crippen molar-refractivity contribution in [3.8, 4) is 0 Å². The zero-order chi connectivity index (χ0) is 16.1. The summed E-state index contributed by atoms with van der Waals surface area (Å²) in [6, 6.07) is -0.0418. The van der Waals surface area contributed by atoms with Gasteiger partial charge in [0.15, 0.2) is 0 Å². The average molecular weight is 325 g/mol. The Labute approximate surface area is 137 Å². The Bertz CT molecular complexity index is 477. The number of hydrogen-bond donors (Lipinski definition) is 1. The van der Waals surface area contributed by atoms with Crippen molar-refractivity contribution < 1.29 is 9.59 Å². The zero-order valence-corrected chi connectivity index (χ0v) is 14.6. The molecule has 0 aromatic rings. The molecule has 0 aromatic heterocycles. The van der Waals surface area contributed by atoms with Crippen LogP contribution in [0.15, 0.2) is 0 Å². The molecular formula is C16H27N3O2S. The standard InChI is InChI=1S/C16H27N3O2S/c1-16(2,3)15(21)19-9-22-8-13(19)14(20)18-6-10-4-5-12(17)11(10)7-18/h10-13H,4-9,17H2,1-3H3. The Hall–Kier alpha value is -0.750. The van der Waals surface area contributed by atoms with Gasteiger partial charge in [-0.2, -0.15) is 0 Å². The normalized spacial score (nSPS) is 35.1. The first-order valence-corrected chi connectivity index (χ1v) is 9.37. The second-order valence-electron chi connectivity index (χ2n) is 7.95. The van der Waals surface area contributed by atoms with Crippen molar-refractivity contribution in [1.82, 2.24) is 9.80 Å². The van der Waals surface area contributed by atoms with Gasteiger partial charge in [-0.3, -0.25) is 9.59 Å². The molecule has 0 spiro atoms. The van der Waals surface area contributed by atoms with Gasteiger partial charge in [-0.1, -0.05) is 20.8 Å². The molecule has 124 valence electrons. The average Bonchev–Trinajstić information content (AvgIpc) is 3.13. The van der Waals surface area contributed by atoms with Gasteiger partial charge in [-0.15, -0.1) is 11.8 Å². The fourth-order valence-electron chi connectivity index (χ4n) is 3.98. The van der Waals surface area contributed by atoms with E-state index in [4.69, 9.17) is 5.73 Å². The molecule has 2 aliphatic heterocycles. The van der Waals surface area contributed by atoms with E-state index in [0.29, 0.717) is 17.7 Å². The highest BCUT2D eigenvalue weighted by Crippen LogP contribution is 2.38. The molecule has 2 amide bonds. The van der Waals surface area contributed by atoms with Crippen molar-refractivity contribution in [2.24, 2.45) is 23.0 Å². The van der Waals surface area contributed by atoms with Crippen LogP contribution in [-0.4, -0.2) is 58.4 Å². The molecular weight excluding hydrogens is 298 g/mol. The number of likely N-dealkylation sites (tertiary alicyclic amines) is 1. The molecule has 2 saturated heterocycles. The molecule has 3 fully saturated rings. The molecule has 5 nitrogen and oxygen atoms in total. The van der Waals surface area contributed by atoms with E-state index in [9.17, 15) is 9.59 Å². The maximum atomic E-state index is 12.9. The molecule has 0 bridgehead atoms. The SMILES string of the molecule is CC(C)(C)C(=O)N1CSCC1C(=O)N1CC2CCC(N)C2C1. The van der Waals surface area contributed by atoms with Crippen molar-refractivity contribution in [3.05, 3.63) is 0 Å². The van der Waals surface area contributed by atoms with Crippen molar-refractivity contribution in [2.75, 3.05) is 24.7 Å². The molecule has 2 N–H and O–H groups in total. The highest BCUT2D eigenvalue weighted by Gasteiger charge is 2.46. The molecule has 0 radical (unpaired) electrons. The fourth-order valence-corrected chi connectivity index (χ4v) is 5.12. The number of carbonyl (C=O) groups is 2. The van der Waals surface area contributed by atoms with E-state index in [2.05, 4.69) is 0 Å². The lowest BCUT2D eigenvalue weighted by atomic mass is 9.94. The second-order valence-corrected chi connectivity index (χ2v) is 8.95. The Kier molecular flexibility index (Phi) is 4.18. The van der Waals surface area contributed by atoms with Gasteiger partial charge in [0.1, 0.15) is 6.04 Å². The highest BCUT2D eigenvalue weighted by atomic mass is 32.2. The van der Waals surface area contributed by atoms with Gasteiger partial charge in [0, 0.05) is 30.3 Å². The topological polar surface area (TPSA) is 66.6 Å². The van der Waals surface area contributed by atoms with E-state index in [1.807, 2.05) is 25.7 Å². The molecule has 1 aliphatic carbocycles. The maximum Gasteiger partial charge on any atom is 0.246 e. The van der Waals surface area contributed by atoms with Gasteiger partial charge in [0.05, 0.1) is 5.88 Å². The first-order chi connectivity index (χ1) is 10.3. The van der Waals surface area contributed by atoms with Gasteiger partial charge in [-0.05, 0) is 24.7 Å². The lowest BCUT2D eigenvalue weighted by molar-refractivity contribution is -0.147. The summed E-state index contributed by atoms with van der Waals surface area (Å²) in [7, 11) is 0. The molecule has 0 aromatic carbocycles. The van der Waals surface area contributed by atoms with Crippen molar-refractivity contribution in [1.29, 1.82) is 0 Å². The molecule has 1 saturated carbocycles. The zero-order valence-electron chi connectivity index (χ0n) is 13.7. The predicted octanol–water partition coefficient (Wildman–Crippen LogP) is 1.13. The minimum absolute atomic E-state index is 0.0759. The van der Waals surface area contributed by atoms with E-state index in [0.717, 1.165) is 31.7 Å². The van der Waals surface area contributed by atoms with Crippen LogP contribution in [0.4, 0.5) is 0 Å². The van der Waals surface area contributed by atoms with Gasteiger partial charge in [0.2, 0.25) is 11.8 Å². The van der Waals surface area contributed by atoms with Crippen LogP contribution >= 0.6 is 11.8 Å². The van der Waals surface area contributed by atoms with Gasteiger partial charge >= 0.3 is 0 Å². The Balaban J connectivity index is 1.68. The van der Waals surface area contributed by atoms with E-state index in [-0.39, 0.29) is 23.9 Å². The third-order valence-corrected chi connectivity index (χ3v) is 6.31. The fraction of sp³-hybridized carbons (Fsp3) is 0.875. The Morgan fingerprint density at radius 3 is 2.55 bits per heavy atom. The summed E-state index contributed by atoms with van der Waals surface area (Å²) in [5.74, 6) is 2.59. The van der Waals surface area contributed by atoms with Gasteiger partial charge in [-0.25, -0.2) is 0 Å². The van der Waals surface area contributed by atoms with E-state index >= 15 is 0 Å². The van der Waals surface area contributed by atoms with E-state index in [1.54, 1.807) is 16.7 Å². The number of hydrogen-bond acceptors (Lipinski definition) is 4. The number of nitrogens with zero attached hydrogens (tertiary/aromatic N) is 2. The predicted molar refractivity (Wildman–Crippen MR) is 88.2 cm³/mol. The summed E-state index contributed by atoms with van der Waals surface area (Å²) in [5.41, 5.74) is 5.72. The largest absolute Gasteiger partial charge is 0.340 e. The lowest BCUT2D eigenvalue weighted by Crippen LogP contribution is -2.51. The van der Waals surface area contributed by atoms with Gasteiger partial charge in [0.25, 0.3) is 0 Å². The first-order valence-electron chi connectivity index (χ1n) is 8.22. The van der Waals surface area contributed by atoms with Crippen LogP contribution in [0.25, 0.3) is 0 Å². The lowest BCUT2D eigenvalue weighted by Gasteiger charge is -2.32. The highest BCUT2D eigenvalue weighted by molar-refractivity contribution is 7.99. The number of amides is 2. The molecule has 4 unspecified atom stereocenters. The second kappa shape index (κ2) is 5.71. The molecule has 22 heavy (non-hydrogen) atoms. The summed E-state index contributed by atoms with van der Waals surface area (Å²) in [5, 5.41) is 0. The number of rotatable bonds is 1. The van der Waals surface area contributed by atoms with E-state index in [1.165, 1.54) is 0 Å². The minimum Gasteiger partial charge on any atom is -0.340 e. The number of nitrogens with two attached hydrogens (primary N) is 1. The maximum absolute atomic E-state index is 12.9. The monoisotopic (exact) mass is 325 g/mol. The summed E-state index contributed by atoms with van der Waals surface area (Å²) in [6.45, 7) is 7.36.